The van der Waals surface area contributed by atoms with Crippen LogP contribution in [0.5, 0.6) is 0 Å². The van der Waals surface area contributed by atoms with Crippen LogP contribution in [0.2, 0.25) is 0 Å². The molecule has 2 aliphatic carbocycles. The van der Waals surface area contributed by atoms with Crippen LogP contribution in [-0.2, 0) is 4.79 Å². The molecule has 1 N–H and O–H groups in total. The fraction of sp³-hybridized carbons (Fsp3) is 0.706. The van der Waals surface area contributed by atoms with Gasteiger partial charge in [-0.2, -0.15) is 0 Å². The highest BCUT2D eigenvalue weighted by molar-refractivity contribution is 5.75. The maximum atomic E-state index is 11.9. The molecule has 20 heavy (non-hydrogen) atoms. The second-order valence-electron chi connectivity index (χ2n) is 5.96. The summed E-state index contributed by atoms with van der Waals surface area (Å²) in [6.07, 6.45) is 16.1. The molecule has 0 aromatic heterocycles. The molecule has 0 bridgehead atoms. The molecule has 2 atom stereocenters. The van der Waals surface area contributed by atoms with Crippen molar-refractivity contribution in [3.05, 3.63) is 23.8 Å². The van der Waals surface area contributed by atoms with Gasteiger partial charge in [0.25, 0.3) is 0 Å². The Hall–Kier alpha value is -1.12. The monoisotopic (exact) mass is 279 g/mol. The van der Waals surface area contributed by atoms with Crippen LogP contribution in [0.1, 0.15) is 51.4 Å². The van der Waals surface area contributed by atoms with Gasteiger partial charge in [-0.05, 0) is 37.5 Å². The highest BCUT2D eigenvalue weighted by Gasteiger charge is 2.22. The lowest BCUT2D eigenvalue weighted by molar-refractivity contribution is -0.121. The molecule has 0 radical (unpaired) electrons. The molecule has 1 saturated carbocycles. The lowest BCUT2D eigenvalue weighted by Crippen LogP contribution is -2.25. The molecule has 0 aromatic rings. The molecule has 0 saturated heterocycles. The molecule has 2 aliphatic rings. The second-order valence-corrected chi connectivity index (χ2v) is 5.96. The molecule has 2 unspecified atom stereocenters. The van der Waals surface area contributed by atoms with Crippen molar-refractivity contribution < 1.29 is 9.18 Å². The number of amides is 1. The van der Waals surface area contributed by atoms with Gasteiger partial charge in [0.1, 0.15) is 6.67 Å². The fourth-order valence-corrected chi connectivity index (χ4v) is 3.28. The van der Waals surface area contributed by atoms with Crippen LogP contribution >= 0.6 is 0 Å². The first-order valence-electron chi connectivity index (χ1n) is 8.01. The van der Waals surface area contributed by atoms with Gasteiger partial charge in [-0.25, -0.2) is 4.39 Å². The van der Waals surface area contributed by atoms with E-state index < -0.39 is 6.67 Å². The molecule has 0 aromatic carbocycles. The van der Waals surface area contributed by atoms with E-state index in [0.29, 0.717) is 6.42 Å². The number of halogens is 1. The zero-order chi connectivity index (χ0) is 14.2. The molecule has 112 valence electrons. The molecule has 2 nitrogen and oxygen atoms in total. The molecule has 1 fully saturated rings. The van der Waals surface area contributed by atoms with Crippen molar-refractivity contribution in [3.8, 4) is 0 Å². The number of rotatable bonds is 6. The Balaban J connectivity index is 1.73. The quantitative estimate of drug-likeness (QED) is 0.784. The van der Waals surface area contributed by atoms with Crippen LogP contribution < -0.4 is 5.32 Å². The fourth-order valence-electron chi connectivity index (χ4n) is 3.28. The number of allylic oxidation sites excluding steroid dienone is 4. The first-order valence-corrected chi connectivity index (χ1v) is 8.01. The average Bonchev–Trinajstić information content (AvgIpc) is 2.70. The Morgan fingerprint density at radius 1 is 1.25 bits per heavy atom. The molecule has 3 heteroatoms. The summed E-state index contributed by atoms with van der Waals surface area (Å²) in [7, 11) is 0. The van der Waals surface area contributed by atoms with Gasteiger partial charge in [0, 0.05) is 13.0 Å². The van der Waals surface area contributed by atoms with E-state index in [2.05, 4.69) is 23.5 Å². The van der Waals surface area contributed by atoms with Crippen LogP contribution in [0.25, 0.3) is 0 Å². The maximum absolute atomic E-state index is 11.9. The van der Waals surface area contributed by atoms with Crippen molar-refractivity contribution in [2.45, 2.75) is 51.4 Å². The first kappa shape index (κ1) is 15.3. The molecule has 0 spiro atoms. The third kappa shape index (κ3) is 4.77. The van der Waals surface area contributed by atoms with Crippen LogP contribution in [0.3, 0.4) is 0 Å². The van der Waals surface area contributed by atoms with Crippen molar-refractivity contribution in [2.75, 3.05) is 13.2 Å². The average molecular weight is 279 g/mol. The Morgan fingerprint density at radius 3 is 2.85 bits per heavy atom. The number of hydrogen-bond acceptors (Lipinski definition) is 1. The van der Waals surface area contributed by atoms with E-state index in [4.69, 9.17) is 0 Å². The van der Waals surface area contributed by atoms with Crippen LogP contribution in [0, 0.1) is 11.8 Å². The third-order valence-electron chi connectivity index (χ3n) is 4.40. The Labute approximate surface area is 121 Å². The predicted octanol–water partition coefficient (Wildman–Crippen LogP) is 3.94. The van der Waals surface area contributed by atoms with E-state index in [1.165, 1.54) is 37.7 Å². The van der Waals surface area contributed by atoms with Crippen LogP contribution in [0.4, 0.5) is 4.39 Å². The summed E-state index contributed by atoms with van der Waals surface area (Å²) in [5, 5.41) is 2.57. The summed E-state index contributed by atoms with van der Waals surface area (Å²) in [5.74, 6) is 1.43. The van der Waals surface area contributed by atoms with Crippen molar-refractivity contribution in [1.82, 2.24) is 5.32 Å². The lowest BCUT2D eigenvalue weighted by atomic mass is 9.81. The zero-order valence-electron chi connectivity index (χ0n) is 12.2. The zero-order valence-corrected chi connectivity index (χ0v) is 12.2. The van der Waals surface area contributed by atoms with Gasteiger partial charge in [0.2, 0.25) is 5.91 Å². The number of alkyl halides is 1. The summed E-state index contributed by atoms with van der Waals surface area (Å²) in [6, 6.07) is 0. The molecule has 1 amide bonds. The van der Waals surface area contributed by atoms with Crippen molar-refractivity contribution >= 4 is 5.91 Å². The highest BCUT2D eigenvalue weighted by Crippen LogP contribution is 2.35. The Morgan fingerprint density at radius 2 is 2.05 bits per heavy atom. The van der Waals surface area contributed by atoms with Crippen molar-refractivity contribution in [3.63, 3.8) is 0 Å². The summed E-state index contributed by atoms with van der Waals surface area (Å²) in [4.78, 5) is 11.4. The van der Waals surface area contributed by atoms with Gasteiger partial charge in [0.05, 0.1) is 0 Å². The molecule has 2 rings (SSSR count). The number of carbonyl (C=O) groups is 1. The smallest absolute Gasteiger partial charge is 0.220 e. The van der Waals surface area contributed by atoms with E-state index in [1.54, 1.807) is 0 Å². The van der Waals surface area contributed by atoms with E-state index in [0.717, 1.165) is 24.7 Å². The number of carbonyl (C=O) groups excluding carboxylic acids is 1. The highest BCUT2D eigenvalue weighted by atomic mass is 19.1. The van der Waals surface area contributed by atoms with E-state index in [9.17, 15) is 9.18 Å². The molecular weight excluding hydrogens is 253 g/mol. The minimum absolute atomic E-state index is 0.0321. The third-order valence-corrected chi connectivity index (χ3v) is 4.40. The van der Waals surface area contributed by atoms with Gasteiger partial charge in [-0.15, -0.1) is 0 Å². The van der Waals surface area contributed by atoms with E-state index in [1.807, 2.05) is 0 Å². The van der Waals surface area contributed by atoms with Gasteiger partial charge in [0.15, 0.2) is 0 Å². The summed E-state index contributed by atoms with van der Waals surface area (Å²) >= 11 is 0. The standard InChI is InChI=1S/C17H26FNO/c18-11-12-19-17(20)8-4-5-14-9-10-15-6-2-1-3-7-16(15)13-14/h9-10,13,15-16H,1-8,11-12H2,(H,19,20). The SMILES string of the molecule is O=C(CCCC1=CC2CCCCCC2C=C1)NCCF. The number of fused-ring (bicyclic) bond motifs is 1. The number of hydrogen-bond donors (Lipinski definition) is 1. The predicted molar refractivity (Wildman–Crippen MR) is 80.1 cm³/mol. The summed E-state index contributed by atoms with van der Waals surface area (Å²) in [6.45, 7) is -0.339. The Kier molecular flexibility index (Phi) is 6.28. The summed E-state index contributed by atoms with van der Waals surface area (Å²) < 4.78 is 11.9. The number of nitrogens with one attached hydrogen (secondary N) is 1. The van der Waals surface area contributed by atoms with Gasteiger partial charge in [-0.1, -0.05) is 43.1 Å². The van der Waals surface area contributed by atoms with Gasteiger partial charge < -0.3 is 5.32 Å². The van der Waals surface area contributed by atoms with Crippen LogP contribution in [-0.4, -0.2) is 19.1 Å². The van der Waals surface area contributed by atoms with Crippen LogP contribution in [0.15, 0.2) is 23.8 Å². The van der Waals surface area contributed by atoms with Crippen molar-refractivity contribution in [2.24, 2.45) is 11.8 Å². The van der Waals surface area contributed by atoms with Crippen molar-refractivity contribution in [1.29, 1.82) is 0 Å². The van der Waals surface area contributed by atoms with E-state index in [-0.39, 0.29) is 12.5 Å². The molecular formula is C17H26FNO. The minimum Gasteiger partial charge on any atom is -0.353 e. The lowest BCUT2D eigenvalue weighted by Gasteiger charge is -2.24. The maximum Gasteiger partial charge on any atom is 0.220 e. The first-order chi connectivity index (χ1) is 9.79. The topological polar surface area (TPSA) is 29.1 Å². The normalized spacial score (nSPS) is 25.6. The van der Waals surface area contributed by atoms with Gasteiger partial charge in [-0.3, -0.25) is 4.79 Å². The Bertz CT molecular complexity index is 375. The molecule has 0 heterocycles. The second kappa shape index (κ2) is 8.23. The van der Waals surface area contributed by atoms with E-state index >= 15 is 0 Å². The van der Waals surface area contributed by atoms with Gasteiger partial charge >= 0.3 is 0 Å². The largest absolute Gasteiger partial charge is 0.353 e. The minimum atomic E-state index is -0.483. The summed E-state index contributed by atoms with van der Waals surface area (Å²) in [5.41, 5.74) is 1.38. The molecule has 0 aliphatic heterocycles.